The Bertz CT molecular complexity index is 1100. The van der Waals surface area contributed by atoms with E-state index in [9.17, 15) is 4.39 Å². The first kappa shape index (κ1) is 16.3. The molecule has 1 aliphatic rings. The Morgan fingerprint density at radius 3 is 2.67 bits per heavy atom. The second-order valence-corrected chi connectivity index (χ2v) is 7.67. The van der Waals surface area contributed by atoms with Gasteiger partial charge in [-0.15, -0.1) is 11.3 Å². The molecular formula is C21H17FN4S. The highest BCUT2D eigenvalue weighted by Crippen LogP contribution is 2.34. The van der Waals surface area contributed by atoms with Crippen LogP contribution in [0.4, 0.5) is 10.2 Å². The third-order valence-electron chi connectivity index (χ3n) is 4.88. The number of hydrogen-bond donors (Lipinski definition) is 0. The number of aromatic nitrogens is 3. The Morgan fingerprint density at radius 2 is 1.89 bits per heavy atom. The molecule has 0 amide bonds. The van der Waals surface area contributed by atoms with E-state index in [2.05, 4.69) is 27.0 Å². The van der Waals surface area contributed by atoms with E-state index < -0.39 is 5.95 Å². The number of halogens is 1. The van der Waals surface area contributed by atoms with E-state index in [0.29, 0.717) is 5.56 Å². The lowest BCUT2D eigenvalue weighted by atomic mass is 10.1. The average molecular weight is 376 g/mol. The first-order chi connectivity index (χ1) is 13.3. The molecule has 4 aromatic heterocycles. The zero-order valence-electron chi connectivity index (χ0n) is 14.6. The van der Waals surface area contributed by atoms with Crippen LogP contribution in [0, 0.1) is 5.95 Å². The standard InChI is InChI=1S/C21H17FN4S/c22-20-16(4-3-9-23-20)18-12-14-5-7-17(25-21(14)27-18)15-6-8-19(24-13-15)26-10-1-2-11-26/h3-9,12-13H,1-2,10-11H2. The molecule has 1 aliphatic heterocycles. The summed E-state index contributed by atoms with van der Waals surface area (Å²) in [5.41, 5.74) is 2.38. The van der Waals surface area contributed by atoms with Crippen molar-refractivity contribution in [1.29, 1.82) is 0 Å². The maximum absolute atomic E-state index is 14.0. The van der Waals surface area contributed by atoms with Crippen molar-refractivity contribution in [3.63, 3.8) is 0 Å². The Kier molecular flexibility index (Phi) is 4.05. The quantitative estimate of drug-likeness (QED) is 0.463. The SMILES string of the molecule is Fc1ncccc1-c1cc2ccc(-c3ccc(N4CCCC4)nc3)nc2s1. The van der Waals surface area contributed by atoms with Gasteiger partial charge in [-0.1, -0.05) is 0 Å². The Balaban J connectivity index is 1.48. The van der Waals surface area contributed by atoms with Crippen LogP contribution in [0.1, 0.15) is 12.8 Å². The molecule has 0 bridgehead atoms. The molecule has 1 fully saturated rings. The van der Waals surface area contributed by atoms with Gasteiger partial charge in [-0.25, -0.2) is 15.0 Å². The lowest BCUT2D eigenvalue weighted by molar-refractivity contribution is 0.588. The Hall–Kier alpha value is -2.86. The van der Waals surface area contributed by atoms with Crippen LogP contribution in [0.15, 0.2) is 54.9 Å². The summed E-state index contributed by atoms with van der Waals surface area (Å²) >= 11 is 1.48. The normalized spacial score (nSPS) is 14.2. The van der Waals surface area contributed by atoms with Gasteiger partial charge in [0.2, 0.25) is 5.95 Å². The molecule has 4 aromatic rings. The van der Waals surface area contributed by atoms with Gasteiger partial charge in [0, 0.05) is 46.9 Å². The lowest BCUT2D eigenvalue weighted by Gasteiger charge is -2.16. The van der Waals surface area contributed by atoms with Gasteiger partial charge in [0.25, 0.3) is 0 Å². The topological polar surface area (TPSA) is 41.9 Å². The summed E-state index contributed by atoms with van der Waals surface area (Å²) in [6.07, 6.45) is 5.82. The highest BCUT2D eigenvalue weighted by Gasteiger charge is 2.14. The maximum Gasteiger partial charge on any atom is 0.221 e. The number of anilines is 1. The predicted octanol–water partition coefficient (Wildman–Crippen LogP) is 5.16. The minimum absolute atomic E-state index is 0.453. The largest absolute Gasteiger partial charge is 0.357 e. The van der Waals surface area contributed by atoms with Crippen LogP contribution in [-0.4, -0.2) is 28.0 Å². The molecule has 4 nitrogen and oxygen atoms in total. The second kappa shape index (κ2) is 6.70. The summed E-state index contributed by atoms with van der Waals surface area (Å²) in [6, 6.07) is 13.6. The van der Waals surface area contributed by atoms with Crippen LogP contribution in [-0.2, 0) is 0 Å². The number of hydrogen-bond acceptors (Lipinski definition) is 5. The fourth-order valence-corrected chi connectivity index (χ4v) is 4.50. The Morgan fingerprint density at radius 1 is 1.00 bits per heavy atom. The van der Waals surface area contributed by atoms with Crippen molar-refractivity contribution < 1.29 is 4.39 Å². The van der Waals surface area contributed by atoms with Crippen molar-refractivity contribution >= 4 is 27.4 Å². The maximum atomic E-state index is 14.0. The van der Waals surface area contributed by atoms with Gasteiger partial charge >= 0.3 is 0 Å². The Labute approximate surface area is 160 Å². The number of nitrogens with zero attached hydrogens (tertiary/aromatic N) is 4. The van der Waals surface area contributed by atoms with Gasteiger partial charge in [0.05, 0.1) is 5.69 Å². The molecule has 0 atom stereocenters. The van der Waals surface area contributed by atoms with Crippen LogP contribution in [0.25, 0.3) is 31.9 Å². The number of fused-ring (bicyclic) bond motifs is 1. The van der Waals surface area contributed by atoms with Crippen molar-refractivity contribution in [3.8, 4) is 21.7 Å². The first-order valence-corrected chi connectivity index (χ1v) is 9.82. The van der Waals surface area contributed by atoms with E-state index in [-0.39, 0.29) is 0 Å². The van der Waals surface area contributed by atoms with E-state index in [4.69, 9.17) is 4.98 Å². The smallest absolute Gasteiger partial charge is 0.221 e. The summed E-state index contributed by atoms with van der Waals surface area (Å²) in [4.78, 5) is 17.2. The summed E-state index contributed by atoms with van der Waals surface area (Å²) in [7, 11) is 0. The molecule has 6 heteroatoms. The van der Waals surface area contributed by atoms with E-state index in [1.54, 1.807) is 12.1 Å². The van der Waals surface area contributed by atoms with E-state index in [1.807, 2.05) is 24.4 Å². The van der Waals surface area contributed by atoms with Gasteiger partial charge in [-0.3, -0.25) is 0 Å². The second-order valence-electron chi connectivity index (χ2n) is 6.64. The van der Waals surface area contributed by atoms with Gasteiger partial charge in [-0.05, 0) is 55.3 Å². The molecule has 5 rings (SSSR count). The number of rotatable bonds is 3. The first-order valence-electron chi connectivity index (χ1n) is 9.01. The fourth-order valence-electron chi connectivity index (χ4n) is 3.45. The summed E-state index contributed by atoms with van der Waals surface area (Å²) in [5, 5.41) is 1.00. The lowest BCUT2D eigenvalue weighted by Crippen LogP contribution is -2.18. The van der Waals surface area contributed by atoms with E-state index in [1.165, 1.54) is 30.4 Å². The fraction of sp³-hybridized carbons (Fsp3) is 0.190. The molecular weight excluding hydrogens is 359 g/mol. The third kappa shape index (κ3) is 3.06. The molecule has 1 saturated heterocycles. The molecule has 0 spiro atoms. The third-order valence-corrected chi connectivity index (χ3v) is 5.96. The van der Waals surface area contributed by atoms with Crippen LogP contribution < -0.4 is 4.90 Å². The minimum atomic E-state index is -0.453. The molecule has 0 N–H and O–H groups in total. The van der Waals surface area contributed by atoms with Crippen molar-refractivity contribution in [1.82, 2.24) is 15.0 Å². The summed E-state index contributed by atoms with van der Waals surface area (Å²) in [6.45, 7) is 2.17. The predicted molar refractivity (Wildman–Crippen MR) is 107 cm³/mol. The minimum Gasteiger partial charge on any atom is -0.357 e. The zero-order chi connectivity index (χ0) is 18.2. The van der Waals surface area contributed by atoms with Gasteiger partial charge in [0.15, 0.2) is 0 Å². The average Bonchev–Trinajstić information content (AvgIpc) is 3.38. The monoisotopic (exact) mass is 376 g/mol. The highest BCUT2D eigenvalue weighted by atomic mass is 32.1. The molecule has 5 heterocycles. The van der Waals surface area contributed by atoms with Crippen molar-refractivity contribution in [2.45, 2.75) is 12.8 Å². The van der Waals surface area contributed by atoms with Gasteiger partial charge in [-0.2, -0.15) is 4.39 Å². The molecule has 0 radical (unpaired) electrons. The molecule has 0 aliphatic carbocycles. The van der Waals surface area contributed by atoms with Crippen LogP contribution in [0.3, 0.4) is 0 Å². The number of pyridine rings is 3. The molecule has 0 saturated carbocycles. The van der Waals surface area contributed by atoms with Gasteiger partial charge in [0.1, 0.15) is 10.6 Å². The van der Waals surface area contributed by atoms with Crippen LogP contribution >= 0.6 is 11.3 Å². The van der Waals surface area contributed by atoms with Crippen molar-refractivity contribution in [2.24, 2.45) is 0 Å². The molecule has 134 valence electrons. The zero-order valence-corrected chi connectivity index (χ0v) is 15.4. The van der Waals surface area contributed by atoms with Gasteiger partial charge < -0.3 is 4.90 Å². The number of thiophene rings is 1. The van der Waals surface area contributed by atoms with Crippen LogP contribution in [0.2, 0.25) is 0 Å². The summed E-state index contributed by atoms with van der Waals surface area (Å²) < 4.78 is 14.0. The van der Waals surface area contributed by atoms with E-state index >= 15 is 0 Å². The molecule has 27 heavy (non-hydrogen) atoms. The summed E-state index contributed by atoms with van der Waals surface area (Å²) in [5.74, 6) is 0.578. The molecule has 0 unspecified atom stereocenters. The van der Waals surface area contributed by atoms with Crippen LogP contribution in [0.5, 0.6) is 0 Å². The van der Waals surface area contributed by atoms with Crippen molar-refractivity contribution in [2.75, 3.05) is 18.0 Å². The molecule has 0 aromatic carbocycles. The van der Waals surface area contributed by atoms with E-state index in [0.717, 1.165) is 45.3 Å². The highest BCUT2D eigenvalue weighted by molar-refractivity contribution is 7.21. The van der Waals surface area contributed by atoms with Crippen molar-refractivity contribution in [3.05, 3.63) is 60.8 Å².